The highest BCUT2D eigenvalue weighted by Gasteiger charge is 2.04. The molecule has 2 heterocycles. The van der Waals surface area contributed by atoms with E-state index in [1.165, 1.54) is 6.08 Å². The molecule has 1 aromatic rings. The third kappa shape index (κ3) is 1.50. The lowest BCUT2D eigenvalue weighted by molar-refractivity contribution is -0.132. The van der Waals surface area contributed by atoms with Gasteiger partial charge in [0.25, 0.3) is 0 Å². The molecule has 1 aliphatic heterocycles. The molecule has 0 aliphatic carbocycles. The predicted octanol–water partition coefficient (Wildman–Crippen LogP) is -0.828. The molecular formula is C10H8N2O2. The number of carboxylic acid groups (broad SMARTS) is 1. The first-order valence-electron chi connectivity index (χ1n) is 4.09. The van der Waals surface area contributed by atoms with Gasteiger partial charge in [-0.1, -0.05) is 6.08 Å². The quantitative estimate of drug-likeness (QED) is 0.604. The number of nitrogens with one attached hydrogen (secondary N) is 1. The van der Waals surface area contributed by atoms with Crippen molar-refractivity contribution >= 4 is 18.2 Å². The Kier molecular flexibility index (Phi) is 2.02. The van der Waals surface area contributed by atoms with E-state index in [9.17, 15) is 4.79 Å². The monoisotopic (exact) mass is 188 g/mol. The number of carbonyl (C=O) groups is 1. The summed E-state index contributed by atoms with van der Waals surface area (Å²) >= 11 is 0. The van der Waals surface area contributed by atoms with Gasteiger partial charge in [0.1, 0.15) is 5.70 Å². The van der Waals surface area contributed by atoms with Crippen molar-refractivity contribution in [3.8, 4) is 0 Å². The van der Waals surface area contributed by atoms with Crippen LogP contribution in [0.25, 0.3) is 12.3 Å². The van der Waals surface area contributed by atoms with Gasteiger partial charge in [0.05, 0.1) is 0 Å². The average molecular weight is 188 g/mol. The van der Waals surface area contributed by atoms with Crippen LogP contribution in [0, 0.1) is 0 Å². The highest BCUT2D eigenvalue weighted by atomic mass is 16.4. The Balaban J connectivity index is 2.57. The second kappa shape index (κ2) is 3.33. The van der Waals surface area contributed by atoms with Crippen molar-refractivity contribution in [1.82, 2.24) is 10.3 Å². The van der Waals surface area contributed by atoms with E-state index in [0.29, 0.717) is 0 Å². The van der Waals surface area contributed by atoms with Crippen molar-refractivity contribution in [2.75, 3.05) is 0 Å². The summed E-state index contributed by atoms with van der Waals surface area (Å²) in [5.74, 6) is -0.974. The number of nitrogens with zero attached hydrogens (tertiary/aromatic N) is 1. The van der Waals surface area contributed by atoms with Crippen LogP contribution in [-0.2, 0) is 4.79 Å². The molecular weight excluding hydrogens is 180 g/mol. The molecule has 0 spiro atoms. The first kappa shape index (κ1) is 8.50. The number of hydrogen-bond donors (Lipinski definition) is 2. The molecule has 4 nitrogen and oxygen atoms in total. The summed E-state index contributed by atoms with van der Waals surface area (Å²) in [5.41, 5.74) is 0.154. The van der Waals surface area contributed by atoms with Crippen LogP contribution in [0.5, 0.6) is 0 Å². The number of hydrogen-bond acceptors (Lipinski definition) is 3. The first-order valence-corrected chi connectivity index (χ1v) is 4.09. The lowest BCUT2D eigenvalue weighted by Crippen LogP contribution is -2.26. The summed E-state index contributed by atoms with van der Waals surface area (Å²) in [6.45, 7) is 0. The van der Waals surface area contributed by atoms with Crippen LogP contribution >= 0.6 is 0 Å². The topological polar surface area (TPSA) is 62.2 Å². The smallest absolute Gasteiger partial charge is 0.352 e. The van der Waals surface area contributed by atoms with Gasteiger partial charge in [-0.25, -0.2) is 4.79 Å². The lowest BCUT2D eigenvalue weighted by atomic mass is 10.3. The lowest BCUT2D eigenvalue weighted by Gasteiger charge is -1.97. The molecule has 2 rings (SSSR count). The van der Waals surface area contributed by atoms with E-state index in [-0.39, 0.29) is 5.70 Å². The summed E-state index contributed by atoms with van der Waals surface area (Å²) in [6.07, 6.45) is 8.26. The number of pyridine rings is 1. The zero-order valence-electron chi connectivity index (χ0n) is 7.27. The molecule has 14 heavy (non-hydrogen) atoms. The molecule has 70 valence electrons. The number of fused-ring (bicyclic) bond motifs is 1. The standard InChI is InChI=1S/C10H8N2O2/c13-10(14)9-2-1-7-3-4-11-5-8(7)6-12-9/h1-6,12H,(H,13,14). The van der Waals surface area contributed by atoms with Crippen LogP contribution < -0.4 is 15.8 Å². The molecule has 0 bridgehead atoms. The van der Waals surface area contributed by atoms with Crippen molar-refractivity contribution in [2.24, 2.45) is 0 Å². The van der Waals surface area contributed by atoms with Gasteiger partial charge in [-0.15, -0.1) is 0 Å². The molecule has 0 radical (unpaired) electrons. The Hall–Kier alpha value is -2.10. The van der Waals surface area contributed by atoms with Crippen molar-refractivity contribution < 1.29 is 9.90 Å². The number of rotatable bonds is 1. The van der Waals surface area contributed by atoms with E-state index < -0.39 is 5.97 Å². The van der Waals surface area contributed by atoms with E-state index in [4.69, 9.17) is 5.11 Å². The van der Waals surface area contributed by atoms with Gasteiger partial charge < -0.3 is 10.4 Å². The van der Waals surface area contributed by atoms with Crippen molar-refractivity contribution in [3.05, 3.63) is 40.7 Å². The molecule has 0 saturated carbocycles. The fourth-order valence-corrected chi connectivity index (χ4v) is 1.20. The maximum absolute atomic E-state index is 10.7. The third-order valence-corrected chi connectivity index (χ3v) is 1.93. The molecule has 0 atom stereocenters. The predicted molar refractivity (Wildman–Crippen MR) is 51.3 cm³/mol. The fraction of sp³-hybridized carbons (Fsp3) is 0. The first-order chi connectivity index (χ1) is 6.77. The number of carboxylic acids is 1. The summed E-state index contributed by atoms with van der Waals surface area (Å²) in [4.78, 5) is 14.6. The van der Waals surface area contributed by atoms with Gasteiger partial charge in [-0.05, 0) is 17.4 Å². The molecule has 0 amide bonds. The highest BCUT2D eigenvalue weighted by molar-refractivity contribution is 5.88. The molecule has 4 heteroatoms. The molecule has 0 saturated heterocycles. The Morgan fingerprint density at radius 3 is 3.00 bits per heavy atom. The summed E-state index contributed by atoms with van der Waals surface area (Å²) < 4.78 is 0. The van der Waals surface area contributed by atoms with Crippen LogP contribution in [0.15, 0.2) is 30.2 Å². The van der Waals surface area contributed by atoms with Crippen LogP contribution in [0.4, 0.5) is 0 Å². The minimum atomic E-state index is -0.974. The maximum atomic E-state index is 10.7. The van der Waals surface area contributed by atoms with Crippen molar-refractivity contribution in [3.63, 3.8) is 0 Å². The van der Waals surface area contributed by atoms with Crippen molar-refractivity contribution in [1.29, 1.82) is 0 Å². The van der Waals surface area contributed by atoms with Crippen molar-refractivity contribution in [2.45, 2.75) is 0 Å². The van der Waals surface area contributed by atoms with Crippen LogP contribution in [0.3, 0.4) is 0 Å². The molecule has 0 unspecified atom stereocenters. The highest BCUT2D eigenvalue weighted by Crippen LogP contribution is 1.91. The van der Waals surface area contributed by atoms with Gasteiger partial charge in [-0.3, -0.25) is 4.98 Å². The van der Waals surface area contributed by atoms with E-state index in [0.717, 1.165) is 10.4 Å². The number of allylic oxidation sites excluding steroid dienone is 1. The number of aromatic nitrogens is 1. The summed E-state index contributed by atoms with van der Waals surface area (Å²) in [6, 6.07) is 1.83. The van der Waals surface area contributed by atoms with Gasteiger partial charge in [0, 0.05) is 23.8 Å². The Morgan fingerprint density at radius 1 is 1.36 bits per heavy atom. The van der Waals surface area contributed by atoms with E-state index in [1.54, 1.807) is 24.7 Å². The molecule has 0 aromatic carbocycles. The molecule has 2 N–H and O–H groups in total. The summed E-state index contributed by atoms with van der Waals surface area (Å²) in [5, 5.41) is 13.3. The zero-order chi connectivity index (χ0) is 9.97. The minimum Gasteiger partial charge on any atom is -0.477 e. The Labute approximate surface area is 79.9 Å². The molecule has 0 fully saturated rings. The Bertz CT molecular complexity index is 517. The van der Waals surface area contributed by atoms with E-state index in [1.807, 2.05) is 6.07 Å². The largest absolute Gasteiger partial charge is 0.477 e. The summed E-state index contributed by atoms with van der Waals surface area (Å²) in [7, 11) is 0. The third-order valence-electron chi connectivity index (χ3n) is 1.93. The van der Waals surface area contributed by atoms with E-state index >= 15 is 0 Å². The molecule has 1 aromatic heterocycles. The van der Waals surface area contributed by atoms with Gasteiger partial charge in [0.15, 0.2) is 0 Å². The zero-order valence-corrected chi connectivity index (χ0v) is 7.27. The number of aliphatic carboxylic acids is 1. The van der Waals surface area contributed by atoms with Crippen LogP contribution in [-0.4, -0.2) is 16.1 Å². The normalized spacial score (nSPS) is 13.6. The fourth-order valence-electron chi connectivity index (χ4n) is 1.20. The van der Waals surface area contributed by atoms with Crippen LogP contribution in [0.1, 0.15) is 0 Å². The SMILES string of the molecule is O=C(O)C1=CC=c2ccncc2=CN1. The maximum Gasteiger partial charge on any atom is 0.352 e. The van der Waals surface area contributed by atoms with Gasteiger partial charge in [-0.2, -0.15) is 0 Å². The van der Waals surface area contributed by atoms with Crippen LogP contribution in [0.2, 0.25) is 0 Å². The van der Waals surface area contributed by atoms with Gasteiger partial charge >= 0.3 is 5.97 Å². The van der Waals surface area contributed by atoms with Gasteiger partial charge in [0.2, 0.25) is 0 Å². The second-order valence-corrected chi connectivity index (χ2v) is 2.85. The van der Waals surface area contributed by atoms with E-state index in [2.05, 4.69) is 10.3 Å². The second-order valence-electron chi connectivity index (χ2n) is 2.85. The Morgan fingerprint density at radius 2 is 2.21 bits per heavy atom. The minimum absolute atomic E-state index is 0.154. The average Bonchev–Trinajstić information content (AvgIpc) is 2.39. The molecule has 1 aliphatic rings.